The quantitative estimate of drug-likeness (QED) is 0.193. The Morgan fingerprint density at radius 2 is 0.944 bits per heavy atom. The number of carbonyl (C=O) groups is 5. The van der Waals surface area contributed by atoms with Crippen LogP contribution in [0.1, 0.15) is 0 Å². The summed E-state index contributed by atoms with van der Waals surface area (Å²) < 4.78 is 4.96. The molecular formula is C21H37N5O10. The summed E-state index contributed by atoms with van der Waals surface area (Å²) >= 11 is 0. The van der Waals surface area contributed by atoms with Crippen molar-refractivity contribution in [2.45, 2.75) is 0 Å². The lowest BCUT2D eigenvalue weighted by Gasteiger charge is -2.33. The van der Waals surface area contributed by atoms with Crippen LogP contribution >= 0.6 is 0 Å². The van der Waals surface area contributed by atoms with Gasteiger partial charge in [-0.05, 0) is 0 Å². The number of amides is 1. The van der Waals surface area contributed by atoms with Gasteiger partial charge < -0.3 is 30.1 Å². The van der Waals surface area contributed by atoms with Crippen LogP contribution < -0.4 is 0 Å². The van der Waals surface area contributed by atoms with Gasteiger partial charge in [-0.3, -0.25) is 43.6 Å². The van der Waals surface area contributed by atoms with Gasteiger partial charge in [0.2, 0.25) is 5.91 Å². The lowest BCUT2D eigenvalue weighted by Crippen LogP contribution is -2.50. The molecule has 0 saturated carbocycles. The Balaban J connectivity index is 3.04. The first-order valence-electron chi connectivity index (χ1n) is 11.5. The van der Waals surface area contributed by atoms with Crippen LogP contribution in [0.5, 0.6) is 0 Å². The van der Waals surface area contributed by atoms with Gasteiger partial charge in [-0.2, -0.15) is 0 Å². The molecule has 0 aromatic heterocycles. The molecule has 1 aliphatic rings. The van der Waals surface area contributed by atoms with E-state index in [0.717, 1.165) is 4.90 Å². The molecule has 206 valence electrons. The molecule has 1 aliphatic heterocycles. The molecule has 1 amide bonds. The predicted molar refractivity (Wildman–Crippen MR) is 125 cm³/mol. The number of rotatable bonds is 13. The Morgan fingerprint density at radius 1 is 0.611 bits per heavy atom. The Morgan fingerprint density at radius 3 is 1.22 bits per heavy atom. The third-order valence-corrected chi connectivity index (χ3v) is 5.61. The number of hydrogen-bond donors (Lipinski definition) is 4. The molecule has 0 radical (unpaired) electrons. The van der Waals surface area contributed by atoms with Crippen molar-refractivity contribution in [3.63, 3.8) is 0 Å². The maximum atomic E-state index is 12.9. The molecule has 0 bridgehead atoms. The summed E-state index contributed by atoms with van der Waals surface area (Å²) in [5.74, 6) is -4.74. The minimum Gasteiger partial charge on any atom is -0.480 e. The average Bonchev–Trinajstić information content (AvgIpc) is 2.76. The molecule has 0 spiro atoms. The first-order valence-corrected chi connectivity index (χ1v) is 11.5. The molecule has 1 saturated heterocycles. The molecule has 15 heteroatoms. The summed E-state index contributed by atoms with van der Waals surface area (Å²) in [4.78, 5) is 65.8. The molecule has 0 unspecified atom stereocenters. The molecule has 15 nitrogen and oxygen atoms in total. The van der Waals surface area contributed by atoms with Crippen molar-refractivity contribution in [3.05, 3.63) is 0 Å². The Bertz CT molecular complexity index is 721. The molecule has 0 aromatic rings. The zero-order chi connectivity index (χ0) is 27.1. The van der Waals surface area contributed by atoms with Gasteiger partial charge in [-0.1, -0.05) is 0 Å². The topological polar surface area (TPSA) is 192 Å². The lowest BCUT2D eigenvalue weighted by atomic mass is 10.3. The number of ether oxygens (including phenoxy) is 1. The molecule has 0 aliphatic carbocycles. The molecule has 0 atom stereocenters. The van der Waals surface area contributed by atoms with E-state index in [0.29, 0.717) is 0 Å². The summed E-state index contributed by atoms with van der Waals surface area (Å²) in [6.45, 7) is 0.930. The molecular weight excluding hydrogens is 482 g/mol. The first-order chi connectivity index (χ1) is 17.0. The van der Waals surface area contributed by atoms with Gasteiger partial charge >= 0.3 is 23.9 Å². The van der Waals surface area contributed by atoms with Gasteiger partial charge in [-0.15, -0.1) is 0 Å². The van der Waals surface area contributed by atoms with Crippen LogP contribution in [0, 0.1) is 0 Å². The van der Waals surface area contributed by atoms with Crippen LogP contribution in [0.25, 0.3) is 0 Å². The standard InChI is InChI=1S/C21H37N5O10/c1-36-11-10-26(16-21(34)35)17(27)12-22-2-4-23(13-18(28)29)6-8-25(15-20(32)33)9-7-24(5-3-22)14-19(30)31/h2-16H2,1H3,(H,28,29)(H,30,31)(H,32,33)(H,34,35). The number of carboxylic acids is 4. The molecule has 4 N–H and O–H groups in total. The summed E-state index contributed by atoms with van der Waals surface area (Å²) in [7, 11) is 1.44. The second kappa shape index (κ2) is 16.8. The SMILES string of the molecule is COCCN(CC(=O)O)C(=O)CN1CCN(CC(=O)O)CCN(CC(=O)O)CCN(CC(=O)O)CC1. The van der Waals surface area contributed by atoms with Crippen LogP contribution in [0.4, 0.5) is 0 Å². The second-order valence-electron chi connectivity index (χ2n) is 8.49. The summed E-state index contributed by atoms with van der Waals surface area (Å²) in [6, 6.07) is 0. The fraction of sp³-hybridized carbons (Fsp3) is 0.762. The van der Waals surface area contributed by atoms with E-state index in [2.05, 4.69) is 0 Å². The zero-order valence-corrected chi connectivity index (χ0v) is 20.6. The Labute approximate surface area is 209 Å². The van der Waals surface area contributed by atoms with Crippen molar-refractivity contribution in [1.82, 2.24) is 24.5 Å². The van der Waals surface area contributed by atoms with Gasteiger partial charge in [0.1, 0.15) is 6.54 Å². The third kappa shape index (κ3) is 13.9. The maximum Gasteiger partial charge on any atom is 0.323 e. The number of carboxylic acid groups (broad SMARTS) is 4. The van der Waals surface area contributed by atoms with Gasteiger partial charge in [-0.25, -0.2) is 0 Å². The van der Waals surface area contributed by atoms with E-state index in [-0.39, 0.29) is 91.7 Å². The van der Waals surface area contributed by atoms with Crippen LogP contribution in [0.2, 0.25) is 0 Å². The number of nitrogens with zero attached hydrogens (tertiary/aromatic N) is 5. The van der Waals surface area contributed by atoms with Gasteiger partial charge in [0, 0.05) is 66.0 Å². The van der Waals surface area contributed by atoms with E-state index in [1.54, 1.807) is 19.6 Å². The van der Waals surface area contributed by atoms with Crippen molar-refractivity contribution in [2.24, 2.45) is 0 Å². The zero-order valence-electron chi connectivity index (χ0n) is 20.6. The Kier molecular flexibility index (Phi) is 14.5. The van der Waals surface area contributed by atoms with Gasteiger partial charge in [0.05, 0.1) is 32.8 Å². The van der Waals surface area contributed by atoms with E-state index < -0.39 is 36.3 Å². The highest BCUT2D eigenvalue weighted by atomic mass is 16.5. The van der Waals surface area contributed by atoms with Crippen molar-refractivity contribution in [1.29, 1.82) is 0 Å². The van der Waals surface area contributed by atoms with E-state index in [4.69, 9.17) is 9.84 Å². The number of hydrogen-bond acceptors (Lipinski definition) is 10. The molecule has 36 heavy (non-hydrogen) atoms. The minimum atomic E-state index is -1.17. The highest BCUT2D eigenvalue weighted by Crippen LogP contribution is 2.03. The fourth-order valence-electron chi connectivity index (χ4n) is 3.73. The van der Waals surface area contributed by atoms with Crippen LogP contribution in [0.3, 0.4) is 0 Å². The van der Waals surface area contributed by atoms with Crippen molar-refractivity contribution >= 4 is 29.8 Å². The van der Waals surface area contributed by atoms with E-state index in [9.17, 15) is 39.3 Å². The molecule has 1 heterocycles. The second-order valence-corrected chi connectivity index (χ2v) is 8.49. The normalized spacial score (nSPS) is 17.6. The van der Waals surface area contributed by atoms with Crippen molar-refractivity contribution in [3.8, 4) is 0 Å². The number of methoxy groups -OCH3 is 1. The van der Waals surface area contributed by atoms with Crippen molar-refractivity contribution in [2.75, 3.05) is 105 Å². The van der Waals surface area contributed by atoms with Crippen LogP contribution in [-0.2, 0) is 28.7 Å². The smallest absolute Gasteiger partial charge is 0.323 e. The van der Waals surface area contributed by atoms with E-state index in [1.807, 2.05) is 0 Å². The summed E-state index contributed by atoms with van der Waals surface area (Å²) in [5.41, 5.74) is 0. The minimum absolute atomic E-state index is 0.0885. The molecule has 0 aromatic carbocycles. The highest BCUT2D eigenvalue weighted by molar-refractivity contribution is 5.82. The van der Waals surface area contributed by atoms with Gasteiger partial charge in [0.25, 0.3) is 0 Å². The molecule has 1 fully saturated rings. The molecule has 1 rings (SSSR count). The third-order valence-electron chi connectivity index (χ3n) is 5.61. The summed E-state index contributed by atoms with van der Waals surface area (Å²) in [6.07, 6.45) is 0. The van der Waals surface area contributed by atoms with Crippen LogP contribution in [0.15, 0.2) is 0 Å². The average molecular weight is 520 g/mol. The number of carbonyl (C=O) groups excluding carboxylic acids is 1. The van der Waals surface area contributed by atoms with Gasteiger partial charge in [0.15, 0.2) is 0 Å². The monoisotopic (exact) mass is 519 g/mol. The largest absolute Gasteiger partial charge is 0.480 e. The summed E-state index contributed by atoms with van der Waals surface area (Å²) in [5, 5.41) is 36.9. The predicted octanol–water partition coefficient (Wildman–Crippen LogP) is -2.98. The van der Waals surface area contributed by atoms with E-state index in [1.165, 1.54) is 7.11 Å². The fourth-order valence-corrected chi connectivity index (χ4v) is 3.73. The van der Waals surface area contributed by atoms with Crippen molar-refractivity contribution < 1.29 is 49.1 Å². The van der Waals surface area contributed by atoms with Crippen LogP contribution in [-0.4, -0.2) is 180 Å². The Hall–Kier alpha value is -2.85. The van der Waals surface area contributed by atoms with E-state index >= 15 is 0 Å². The first kappa shape index (κ1) is 31.2. The highest BCUT2D eigenvalue weighted by Gasteiger charge is 2.23. The number of aliphatic carboxylic acids is 4. The lowest BCUT2D eigenvalue weighted by molar-refractivity contribution is -0.145. The maximum absolute atomic E-state index is 12.9.